The van der Waals surface area contributed by atoms with Crippen molar-refractivity contribution in [3.8, 4) is 5.75 Å². The third kappa shape index (κ3) is 5.11. The largest absolute Gasteiger partial charge is 0.489 e. The van der Waals surface area contributed by atoms with E-state index in [4.69, 9.17) is 9.84 Å². The second-order valence-corrected chi connectivity index (χ2v) is 6.61. The van der Waals surface area contributed by atoms with E-state index in [1.54, 1.807) is 12.1 Å². The van der Waals surface area contributed by atoms with Gasteiger partial charge in [-0.15, -0.1) is 0 Å². The van der Waals surface area contributed by atoms with E-state index in [-0.39, 0.29) is 5.56 Å². The van der Waals surface area contributed by atoms with Gasteiger partial charge >= 0.3 is 5.97 Å². The zero-order valence-corrected chi connectivity index (χ0v) is 15.5. The molecule has 0 aliphatic heterocycles. The van der Waals surface area contributed by atoms with Gasteiger partial charge in [-0.25, -0.2) is 4.79 Å². The molecule has 4 heteroatoms. The fourth-order valence-corrected chi connectivity index (χ4v) is 2.81. The van der Waals surface area contributed by atoms with Crippen LogP contribution in [0.5, 0.6) is 5.75 Å². The van der Waals surface area contributed by atoms with Crippen LogP contribution in [-0.4, -0.2) is 11.1 Å². The topological polar surface area (TPSA) is 58.6 Å². The molecule has 3 rings (SSSR count). The number of hydrogen-bond acceptors (Lipinski definition) is 3. The van der Waals surface area contributed by atoms with Crippen molar-refractivity contribution in [3.63, 3.8) is 0 Å². The van der Waals surface area contributed by atoms with E-state index in [0.717, 1.165) is 28.1 Å². The molecule has 0 aliphatic carbocycles. The van der Waals surface area contributed by atoms with Crippen molar-refractivity contribution in [2.75, 3.05) is 5.32 Å². The number of carboxylic acids is 1. The molecule has 27 heavy (non-hydrogen) atoms. The fraction of sp³-hybridized carbons (Fsp3) is 0.174. The average molecular weight is 361 g/mol. The zero-order chi connectivity index (χ0) is 19.2. The lowest BCUT2D eigenvalue weighted by Crippen LogP contribution is -2.04. The van der Waals surface area contributed by atoms with Gasteiger partial charge in [-0.05, 0) is 54.8 Å². The first-order valence-corrected chi connectivity index (χ1v) is 8.86. The number of nitrogens with one attached hydrogen (secondary N) is 1. The van der Waals surface area contributed by atoms with E-state index < -0.39 is 5.97 Å². The van der Waals surface area contributed by atoms with Crippen molar-refractivity contribution in [1.82, 2.24) is 0 Å². The van der Waals surface area contributed by atoms with Crippen LogP contribution in [-0.2, 0) is 13.2 Å². The highest BCUT2D eigenvalue weighted by Gasteiger charge is 2.06. The third-order valence-electron chi connectivity index (χ3n) is 4.38. The number of aromatic carboxylic acids is 1. The molecule has 0 atom stereocenters. The van der Waals surface area contributed by atoms with Crippen LogP contribution in [0, 0.1) is 13.8 Å². The number of carboxylic acid groups (broad SMARTS) is 1. The van der Waals surface area contributed by atoms with Crippen molar-refractivity contribution in [1.29, 1.82) is 0 Å². The van der Waals surface area contributed by atoms with Crippen molar-refractivity contribution >= 4 is 11.7 Å². The highest BCUT2D eigenvalue weighted by molar-refractivity contribution is 5.89. The van der Waals surface area contributed by atoms with Crippen LogP contribution < -0.4 is 10.1 Å². The van der Waals surface area contributed by atoms with Crippen molar-refractivity contribution in [2.24, 2.45) is 0 Å². The molecule has 138 valence electrons. The Hall–Kier alpha value is -3.27. The molecular weight excluding hydrogens is 338 g/mol. The first kappa shape index (κ1) is 18.5. The molecule has 0 aliphatic rings. The minimum Gasteiger partial charge on any atom is -0.489 e. The molecule has 3 aromatic rings. The summed E-state index contributed by atoms with van der Waals surface area (Å²) in [7, 11) is 0. The normalized spacial score (nSPS) is 10.4. The van der Waals surface area contributed by atoms with Crippen LogP contribution >= 0.6 is 0 Å². The van der Waals surface area contributed by atoms with Gasteiger partial charge in [-0.1, -0.05) is 48.0 Å². The summed E-state index contributed by atoms with van der Waals surface area (Å²) in [6, 6.07) is 21.3. The minimum absolute atomic E-state index is 0.281. The highest BCUT2D eigenvalue weighted by Crippen LogP contribution is 2.19. The summed E-state index contributed by atoms with van der Waals surface area (Å²) in [4.78, 5) is 11.1. The first-order chi connectivity index (χ1) is 13.0. The van der Waals surface area contributed by atoms with Gasteiger partial charge in [-0.3, -0.25) is 0 Å². The van der Waals surface area contributed by atoms with E-state index in [2.05, 4.69) is 30.4 Å². The Balaban J connectivity index is 1.58. The predicted molar refractivity (Wildman–Crippen MR) is 107 cm³/mol. The maximum absolute atomic E-state index is 11.1. The summed E-state index contributed by atoms with van der Waals surface area (Å²) in [6.45, 7) is 5.18. The molecule has 0 amide bonds. The molecule has 0 heterocycles. The van der Waals surface area contributed by atoms with Gasteiger partial charge in [0.2, 0.25) is 0 Å². The summed E-state index contributed by atoms with van der Waals surface area (Å²) in [5.41, 5.74) is 5.59. The summed E-state index contributed by atoms with van der Waals surface area (Å²) >= 11 is 0. The Kier molecular flexibility index (Phi) is 5.77. The summed E-state index contributed by atoms with van der Waals surface area (Å²) < 4.78 is 5.84. The summed E-state index contributed by atoms with van der Waals surface area (Å²) in [6.07, 6.45) is 0. The van der Waals surface area contributed by atoms with Crippen molar-refractivity contribution < 1.29 is 14.6 Å². The molecular formula is C23H23NO3. The lowest BCUT2D eigenvalue weighted by atomic mass is 10.1. The Bertz CT molecular complexity index is 933. The molecule has 2 N–H and O–H groups in total. The van der Waals surface area contributed by atoms with Crippen LogP contribution in [0.3, 0.4) is 0 Å². The number of rotatable bonds is 7. The van der Waals surface area contributed by atoms with Crippen LogP contribution in [0.25, 0.3) is 0 Å². The van der Waals surface area contributed by atoms with E-state index in [9.17, 15) is 4.79 Å². The number of aryl methyl sites for hydroxylation is 2. The number of ether oxygens (including phenoxy) is 1. The van der Waals surface area contributed by atoms with Gasteiger partial charge in [0.1, 0.15) is 12.4 Å². The Morgan fingerprint density at radius 3 is 2.44 bits per heavy atom. The Morgan fingerprint density at radius 2 is 1.74 bits per heavy atom. The third-order valence-corrected chi connectivity index (χ3v) is 4.38. The molecule has 0 aromatic heterocycles. The van der Waals surface area contributed by atoms with Crippen LogP contribution in [0.4, 0.5) is 5.69 Å². The van der Waals surface area contributed by atoms with Crippen molar-refractivity contribution in [3.05, 3.63) is 94.5 Å². The zero-order valence-electron chi connectivity index (χ0n) is 15.5. The van der Waals surface area contributed by atoms with E-state index in [0.29, 0.717) is 13.2 Å². The SMILES string of the molecule is Cc1cccc(COc2ccc(CNc3cc(C(=O)O)ccc3C)cc2)c1. The summed E-state index contributed by atoms with van der Waals surface area (Å²) in [5, 5.41) is 12.4. The maximum Gasteiger partial charge on any atom is 0.335 e. The lowest BCUT2D eigenvalue weighted by molar-refractivity contribution is 0.0697. The molecule has 3 aromatic carbocycles. The second-order valence-electron chi connectivity index (χ2n) is 6.61. The predicted octanol–water partition coefficient (Wildman–Crippen LogP) is 5.19. The number of hydrogen-bond donors (Lipinski definition) is 2. The van der Waals surface area contributed by atoms with Gasteiger partial charge < -0.3 is 15.2 Å². The molecule has 0 bridgehead atoms. The maximum atomic E-state index is 11.1. The first-order valence-electron chi connectivity index (χ1n) is 8.86. The monoisotopic (exact) mass is 361 g/mol. The van der Waals surface area contributed by atoms with E-state index in [1.165, 1.54) is 5.56 Å². The van der Waals surface area contributed by atoms with Gasteiger partial charge in [0, 0.05) is 12.2 Å². The lowest BCUT2D eigenvalue weighted by Gasteiger charge is -2.11. The van der Waals surface area contributed by atoms with Crippen LogP contribution in [0.2, 0.25) is 0 Å². The Labute approximate surface area is 159 Å². The Morgan fingerprint density at radius 1 is 0.963 bits per heavy atom. The minimum atomic E-state index is -0.923. The molecule has 0 radical (unpaired) electrons. The van der Waals surface area contributed by atoms with E-state index in [1.807, 2.05) is 43.3 Å². The highest BCUT2D eigenvalue weighted by atomic mass is 16.5. The van der Waals surface area contributed by atoms with E-state index >= 15 is 0 Å². The molecule has 0 saturated carbocycles. The standard InChI is InChI=1S/C23H23NO3/c1-16-4-3-5-19(12-16)15-27-21-10-7-18(8-11-21)14-24-22-13-20(23(25)26)9-6-17(22)2/h3-13,24H,14-15H2,1-2H3,(H,25,26). The van der Waals surface area contributed by atoms with Crippen LogP contribution in [0.1, 0.15) is 32.6 Å². The quantitative estimate of drug-likeness (QED) is 0.608. The van der Waals surface area contributed by atoms with Gasteiger partial charge in [0.05, 0.1) is 5.56 Å². The molecule has 0 saturated heterocycles. The summed E-state index contributed by atoms with van der Waals surface area (Å²) in [5.74, 6) is -0.0996. The molecule has 0 unspecified atom stereocenters. The molecule has 4 nitrogen and oxygen atoms in total. The fourth-order valence-electron chi connectivity index (χ4n) is 2.81. The van der Waals surface area contributed by atoms with Crippen LogP contribution in [0.15, 0.2) is 66.7 Å². The van der Waals surface area contributed by atoms with Gasteiger partial charge in [-0.2, -0.15) is 0 Å². The average Bonchev–Trinajstić information content (AvgIpc) is 2.66. The molecule has 0 fully saturated rings. The van der Waals surface area contributed by atoms with Crippen molar-refractivity contribution in [2.45, 2.75) is 27.0 Å². The number of carbonyl (C=O) groups is 1. The van der Waals surface area contributed by atoms with Gasteiger partial charge in [0.15, 0.2) is 0 Å². The van der Waals surface area contributed by atoms with Gasteiger partial charge in [0.25, 0.3) is 0 Å². The molecule has 0 spiro atoms. The second kappa shape index (κ2) is 8.41. The number of anilines is 1. The smallest absolute Gasteiger partial charge is 0.335 e. The number of benzene rings is 3.